The van der Waals surface area contributed by atoms with Crippen molar-refractivity contribution in [3.05, 3.63) is 47.0 Å². The Morgan fingerprint density at radius 2 is 2.12 bits per heavy atom. The van der Waals surface area contributed by atoms with Gasteiger partial charge >= 0.3 is 0 Å². The van der Waals surface area contributed by atoms with Gasteiger partial charge in [0.25, 0.3) is 5.91 Å². The largest absolute Gasteiger partial charge is 0.497 e. The molecule has 1 aliphatic rings. The second kappa shape index (κ2) is 7.87. The van der Waals surface area contributed by atoms with Crippen molar-refractivity contribution in [3.63, 3.8) is 0 Å². The number of piperidine rings is 1. The molecule has 0 unspecified atom stereocenters. The summed E-state index contributed by atoms with van der Waals surface area (Å²) in [5.74, 6) is 0.386. The zero-order valence-electron chi connectivity index (χ0n) is 15.1. The number of benzene rings is 2. The Morgan fingerprint density at radius 1 is 1.31 bits per heavy atom. The van der Waals surface area contributed by atoms with Crippen molar-refractivity contribution < 1.29 is 9.53 Å². The summed E-state index contributed by atoms with van der Waals surface area (Å²) in [5, 5.41) is 3.31. The third-order valence-electron chi connectivity index (χ3n) is 4.81. The summed E-state index contributed by atoms with van der Waals surface area (Å²) in [6.45, 7) is 3.15. The van der Waals surface area contributed by atoms with Gasteiger partial charge in [-0.05, 0) is 56.5 Å². The molecule has 0 radical (unpaired) electrons. The van der Waals surface area contributed by atoms with Crippen LogP contribution in [0.15, 0.2) is 36.4 Å². The standard InChI is InChI=1S/C20H24ClN3O2/c1-13-6-3-4-9-24(13)19-12-18(16(21)11-17(19)22)23-20(25)14-7-5-8-15(10-14)26-2/h5,7-8,10-13H,3-4,6,9,22H2,1-2H3,(H,23,25)/t13-/m0/s1. The smallest absolute Gasteiger partial charge is 0.255 e. The number of ether oxygens (including phenoxy) is 1. The fraction of sp³-hybridized carbons (Fsp3) is 0.350. The lowest BCUT2D eigenvalue weighted by molar-refractivity contribution is 0.102. The van der Waals surface area contributed by atoms with Crippen LogP contribution in [0.4, 0.5) is 17.1 Å². The molecule has 2 aromatic rings. The van der Waals surface area contributed by atoms with Crippen molar-refractivity contribution in [3.8, 4) is 5.75 Å². The number of nitrogens with two attached hydrogens (primary N) is 1. The Labute approximate surface area is 159 Å². The van der Waals surface area contributed by atoms with Crippen molar-refractivity contribution in [2.75, 3.05) is 29.6 Å². The van der Waals surface area contributed by atoms with E-state index in [4.69, 9.17) is 22.1 Å². The van der Waals surface area contributed by atoms with Gasteiger partial charge in [0.1, 0.15) is 5.75 Å². The monoisotopic (exact) mass is 373 g/mol. The molecule has 6 heteroatoms. The van der Waals surface area contributed by atoms with Crippen molar-refractivity contribution in [2.24, 2.45) is 0 Å². The first-order valence-corrected chi connectivity index (χ1v) is 9.18. The molecule has 0 aliphatic carbocycles. The van der Waals surface area contributed by atoms with Crippen LogP contribution in [0, 0.1) is 0 Å². The van der Waals surface area contributed by atoms with Crippen LogP contribution in [0.1, 0.15) is 36.5 Å². The predicted octanol–water partition coefficient (Wildman–Crippen LogP) is 4.56. The second-order valence-electron chi connectivity index (χ2n) is 6.62. The number of carbonyl (C=O) groups excluding carboxylic acids is 1. The number of carbonyl (C=O) groups is 1. The highest BCUT2D eigenvalue weighted by molar-refractivity contribution is 6.34. The molecule has 1 atom stereocenters. The highest BCUT2D eigenvalue weighted by Gasteiger charge is 2.22. The molecule has 26 heavy (non-hydrogen) atoms. The molecule has 0 bridgehead atoms. The molecule has 1 aliphatic heterocycles. The number of nitrogens with zero attached hydrogens (tertiary/aromatic N) is 1. The molecular weight excluding hydrogens is 350 g/mol. The van der Waals surface area contributed by atoms with E-state index in [1.54, 1.807) is 37.4 Å². The van der Waals surface area contributed by atoms with Gasteiger partial charge in [-0.3, -0.25) is 4.79 Å². The van der Waals surface area contributed by atoms with E-state index in [2.05, 4.69) is 17.1 Å². The lowest BCUT2D eigenvalue weighted by atomic mass is 10.0. The zero-order chi connectivity index (χ0) is 18.7. The van der Waals surface area contributed by atoms with Gasteiger partial charge < -0.3 is 20.7 Å². The van der Waals surface area contributed by atoms with E-state index >= 15 is 0 Å². The van der Waals surface area contributed by atoms with Crippen LogP contribution in [-0.2, 0) is 0 Å². The van der Waals surface area contributed by atoms with Crippen molar-refractivity contribution in [2.45, 2.75) is 32.2 Å². The number of amides is 1. The minimum atomic E-state index is -0.242. The third kappa shape index (κ3) is 3.88. The maximum Gasteiger partial charge on any atom is 0.255 e. The summed E-state index contributed by atoms with van der Waals surface area (Å²) in [5.41, 5.74) is 8.82. The Bertz CT molecular complexity index is 810. The average molecular weight is 374 g/mol. The fourth-order valence-electron chi connectivity index (χ4n) is 3.34. The minimum absolute atomic E-state index is 0.242. The van der Waals surface area contributed by atoms with Gasteiger partial charge in [-0.1, -0.05) is 17.7 Å². The van der Waals surface area contributed by atoms with Crippen molar-refractivity contribution in [1.82, 2.24) is 0 Å². The summed E-state index contributed by atoms with van der Waals surface area (Å²) in [6.07, 6.45) is 3.50. The molecule has 0 saturated carbocycles. The maximum atomic E-state index is 12.6. The van der Waals surface area contributed by atoms with Crippen molar-refractivity contribution in [1.29, 1.82) is 0 Å². The van der Waals surface area contributed by atoms with Gasteiger partial charge in [0.05, 0.1) is 29.2 Å². The second-order valence-corrected chi connectivity index (χ2v) is 7.02. The molecule has 3 rings (SSSR count). The number of methoxy groups -OCH3 is 1. The van der Waals surface area contributed by atoms with Crippen LogP contribution in [0.3, 0.4) is 0 Å². The maximum absolute atomic E-state index is 12.6. The highest BCUT2D eigenvalue weighted by Crippen LogP contribution is 2.36. The fourth-order valence-corrected chi connectivity index (χ4v) is 3.56. The molecule has 5 nitrogen and oxygen atoms in total. The lowest BCUT2D eigenvalue weighted by Gasteiger charge is -2.36. The Balaban J connectivity index is 1.87. The first-order chi connectivity index (χ1) is 12.5. The molecule has 3 N–H and O–H groups in total. The Hall–Kier alpha value is -2.40. The van der Waals surface area contributed by atoms with E-state index < -0.39 is 0 Å². The molecule has 2 aromatic carbocycles. The molecule has 0 aromatic heterocycles. The van der Waals surface area contributed by atoms with Crippen LogP contribution < -0.4 is 20.7 Å². The van der Waals surface area contributed by atoms with Gasteiger partial charge in [0, 0.05) is 18.2 Å². The first kappa shape index (κ1) is 18.4. The molecular formula is C20H24ClN3O2. The number of halogens is 1. The van der Waals surface area contributed by atoms with Gasteiger partial charge in [-0.25, -0.2) is 0 Å². The number of hydrogen-bond acceptors (Lipinski definition) is 4. The first-order valence-electron chi connectivity index (χ1n) is 8.80. The van der Waals surface area contributed by atoms with E-state index in [0.717, 1.165) is 25.1 Å². The summed E-state index contributed by atoms with van der Waals surface area (Å²) < 4.78 is 5.18. The molecule has 0 spiro atoms. The van der Waals surface area contributed by atoms with Crippen LogP contribution in [0.5, 0.6) is 5.75 Å². The summed E-state index contributed by atoms with van der Waals surface area (Å²) in [6, 6.07) is 11.0. The van der Waals surface area contributed by atoms with E-state index in [1.165, 1.54) is 6.42 Å². The van der Waals surface area contributed by atoms with Gasteiger partial charge in [-0.2, -0.15) is 0 Å². The number of hydrogen-bond donors (Lipinski definition) is 2. The molecule has 138 valence electrons. The zero-order valence-corrected chi connectivity index (χ0v) is 15.8. The van der Waals surface area contributed by atoms with Crippen LogP contribution in [-0.4, -0.2) is 25.6 Å². The SMILES string of the molecule is COc1cccc(C(=O)Nc2cc(N3CCCC[C@@H]3C)c(N)cc2Cl)c1. The van der Waals surface area contributed by atoms with Crippen LogP contribution in [0.25, 0.3) is 0 Å². The lowest BCUT2D eigenvalue weighted by Crippen LogP contribution is -2.37. The Kier molecular flexibility index (Phi) is 5.57. The number of rotatable bonds is 4. The van der Waals surface area contributed by atoms with Gasteiger partial charge in [0.2, 0.25) is 0 Å². The summed E-state index contributed by atoms with van der Waals surface area (Å²) in [7, 11) is 1.57. The van der Waals surface area contributed by atoms with E-state index in [9.17, 15) is 4.79 Å². The third-order valence-corrected chi connectivity index (χ3v) is 5.12. The van der Waals surface area contributed by atoms with E-state index in [1.807, 2.05) is 6.07 Å². The minimum Gasteiger partial charge on any atom is -0.497 e. The molecule has 1 fully saturated rings. The van der Waals surface area contributed by atoms with Crippen LogP contribution >= 0.6 is 11.6 Å². The number of nitrogens with one attached hydrogen (secondary N) is 1. The normalized spacial score (nSPS) is 17.0. The average Bonchev–Trinajstić information content (AvgIpc) is 2.64. The quantitative estimate of drug-likeness (QED) is 0.771. The molecule has 1 amide bonds. The number of nitrogen functional groups attached to an aromatic ring is 1. The van der Waals surface area contributed by atoms with Gasteiger partial charge in [0.15, 0.2) is 0 Å². The Morgan fingerprint density at radius 3 is 2.85 bits per heavy atom. The number of anilines is 3. The van der Waals surface area contributed by atoms with Gasteiger partial charge in [-0.15, -0.1) is 0 Å². The predicted molar refractivity (Wildman–Crippen MR) is 107 cm³/mol. The summed E-state index contributed by atoms with van der Waals surface area (Å²) >= 11 is 6.33. The molecule has 1 heterocycles. The van der Waals surface area contributed by atoms with E-state index in [-0.39, 0.29) is 5.91 Å². The topological polar surface area (TPSA) is 67.6 Å². The molecule has 1 saturated heterocycles. The highest BCUT2D eigenvalue weighted by atomic mass is 35.5. The summed E-state index contributed by atoms with van der Waals surface area (Å²) in [4.78, 5) is 14.9. The van der Waals surface area contributed by atoms with Crippen molar-refractivity contribution >= 4 is 34.6 Å². The van der Waals surface area contributed by atoms with E-state index in [0.29, 0.717) is 33.8 Å². The van der Waals surface area contributed by atoms with Crippen LogP contribution in [0.2, 0.25) is 5.02 Å².